The molecule has 0 bridgehead atoms. The number of ketones is 1. The lowest BCUT2D eigenvalue weighted by Gasteiger charge is -2.39. The molecule has 2 aliphatic heterocycles. The quantitative estimate of drug-likeness (QED) is 0.0498. The first-order valence-corrected chi connectivity index (χ1v) is 19.4. The highest BCUT2D eigenvalue weighted by Crippen LogP contribution is 2.47. The van der Waals surface area contributed by atoms with E-state index in [0.717, 1.165) is 7.11 Å². The number of H-pyrrole nitrogens is 3. The lowest BCUT2D eigenvalue weighted by molar-refractivity contribution is -0.300. The summed E-state index contributed by atoms with van der Waals surface area (Å²) < 4.78 is 16.3. The number of ether oxygens (including phenoxy) is 3. The molecule has 0 spiro atoms. The van der Waals surface area contributed by atoms with E-state index in [0.29, 0.717) is 73.8 Å². The Morgan fingerprint density at radius 1 is 0.883 bits per heavy atom. The first-order chi connectivity index (χ1) is 28.5. The fraction of sp³-hybridized carbons (Fsp3) is 0.488. The number of carbonyl (C=O) groups excluding carboxylic acids is 4. The molecule has 11 N–H and O–H groups in total. The third-order valence-electron chi connectivity index (χ3n) is 11.9. The number of aliphatic hydroxyl groups is 6. The Balaban J connectivity index is 1.38. The molecule has 8 unspecified atom stereocenters. The number of aromatic amines is 3. The lowest BCUT2D eigenvalue weighted by Crippen LogP contribution is -2.59. The van der Waals surface area contributed by atoms with E-state index in [4.69, 9.17) is 14.2 Å². The molecule has 1 amide bonds. The summed E-state index contributed by atoms with van der Waals surface area (Å²) in [6.07, 6.45) is -6.41. The number of aldehydes is 1. The summed E-state index contributed by atoms with van der Waals surface area (Å²) in [4.78, 5) is 74.3. The van der Waals surface area contributed by atoms with Gasteiger partial charge in [0.05, 0.1) is 44.1 Å². The summed E-state index contributed by atoms with van der Waals surface area (Å²) in [5.41, 5.74) is 6.51. The van der Waals surface area contributed by atoms with Gasteiger partial charge in [0.25, 0.3) is 5.91 Å². The molecule has 0 radical (unpaired) electrons. The molecule has 5 heterocycles. The number of Topliss-reactive ketones (excluding diaryl/α,β-unsaturated/α-hetero) is 1. The highest BCUT2D eigenvalue weighted by molar-refractivity contribution is 6.14. The van der Waals surface area contributed by atoms with Gasteiger partial charge in [-0.3, -0.25) is 24.0 Å². The SMILES string of the molecule is COC(=O)C1C(=O)c2c([nH]c(Cc3[nH]c(C=O)c(C)c3CCOC3OC(CO)C(O)C(O)C3O)c2C)C1c1[nH]c(C=C2NC(=O)C(C(O)CO)=C2C)c(C)c1CCC(=O)O. The van der Waals surface area contributed by atoms with Crippen molar-refractivity contribution in [1.82, 2.24) is 20.3 Å². The summed E-state index contributed by atoms with van der Waals surface area (Å²) >= 11 is 0. The van der Waals surface area contributed by atoms with E-state index in [1.807, 2.05) is 0 Å². The van der Waals surface area contributed by atoms with Crippen LogP contribution < -0.4 is 5.32 Å². The second-order valence-electron chi connectivity index (χ2n) is 15.3. The van der Waals surface area contributed by atoms with E-state index in [2.05, 4.69) is 20.3 Å². The zero-order chi connectivity index (χ0) is 43.9. The number of amides is 1. The van der Waals surface area contributed by atoms with Gasteiger partial charge in [-0.25, -0.2) is 0 Å². The summed E-state index contributed by atoms with van der Waals surface area (Å²) in [5.74, 6) is -5.35. The molecule has 0 saturated carbocycles. The van der Waals surface area contributed by atoms with Crippen molar-refractivity contribution in [1.29, 1.82) is 0 Å². The number of esters is 1. The van der Waals surface area contributed by atoms with Crippen LogP contribution in [0.3, 0.4) is 0 Å². The van der Waals surface area contributed by atoms with Crippen LogP contribution in [0.25, 0.3) is 6.08 Å². The predicted molar refractivity (Wildman–Crippen MR) is 208 cm³/mol. The summed E-state index contributed by atoms with van der Waals surface area (Å²) in [5, 5.41) is 72.4. The monoisotopic (exact) mass is 838 g/mol. The van der Waals surface area contributed by atoms with E-state index in [1.165, 1.54) is 0 Å². The highest BCUT2D eigenvalue weighted by atomic mass is 16.7. The van der Waals surface area contributed by atoms with Crippen LogP contribution in [0, 0.1) is 26.7 Å². The van der Waals surface area contributed by atoms with Crippen LogP contribution in [0.15, 0.2) is 16.8 Å². The fourth-order valence-electron chi connectivity index (χ4n) is 8.56. The number of aliphatic carboxylic acids is 1. The van der Waals surface area contributed by atoms with Crippen LogP contribution in [0.5, 0.6) is 0 Å². The number of fused-ring (bicyclic) bond motifs is 1. The third-order valence-corrected chi connectivity index (χ3v) is 11.9. The molecule has 3 aromatic rings. The maximum atomic E-state index is 14.3. The number of carboxylic acids is 1. The fourth-order valence-corrected chi connectivity index (χ4v) is 8.56. The van der Waals surface area contributed by atoms with E-state index < -0.39 is 85.5 Å². The Bertz CT molecular complexity index is 2260. The number of methoxy groups -OCH3 is 1. The summed E-state index contributed by atoms with van der Waals surface area (Å²) in [7, 11) is 1.16. The largest absolute Gasteiger partial charge is 0.481 e. The Hall–Kier alpha value is -5.25. The molecule has 0 aromatic carbocycles. The molecule has 19 heteroatoms. The van der Waals surface area contributed by atoms with E-state index in [9.17, 15) is 59.7 Å². The number of carbonyl (C=O) groups is 5. The maximum absolute atomic E-state index is 14.3. The molecule has 324 valence electrons. The van der Waals surface area contributed by atoms with Gasteiger partial charge in [0.2, 0.25) is 0 Å². The van der Waals surface area contributed by atoms with Gasteiger partial charge < -0.3 is 70.2 Å². The molecule has 1 fully saturated rings. The summed E-state index contributed by atoms with van der Waals surface area (Å²) in [6, 6.07) is 0. The molecule has 1 aliphatic carbocycles. The van der Waals surface area contributed by atoms with Crippen LogP contribution in [0.1, 0.15) is 96.4 Å². The number of rotatable bonds is 16. The zero-order valence-corrected chi connectivity index (χ0v) is 33.6. The Morgan fingerprint density at radius 2 is 1.58 bits per heavy atom. The van der Waals surface area contributed by atoms with Gasteiger partial charge >= 0.3 is 11.9 Å². The van der Waals surface area contributed by atoms with Gasteiger partial charge in [-0.05, 0) is 80.0 Å². The first kappa shape index (κ1) is 44.3. The van der Waals surface area contributed by atoms with E-state index in [1.54, 1.807) is 33.8 Å². The molecule has 6 rings (SSSR count). The van der Waals surface area contributed by atoms with Crippen LogP contribution in [-0.4, -0.2) is 144 Å². The normalized spacial score (nSPS) is 25.2. The van der Waals surface area contributed by atoms with Gasteiger partial charge in [-0.15, -0.1) is 0 Å². The molecule has 19 nitrogen and oxygen atoms in total. The Morgan fingerprint density at radius 3 is 2.22 bits per heavy atom. The minimum Gasteiger partial charge on any atom is -0.481 e. The number of hydrogen-bond donors (Lipinski definition) is 11. The lowest BCUT2D eigenvalue weighted by atomic mass is 9.87. The standard InChI is InChI=1S/C41H50N4O15/c1-15-19(8-9-59-41-38(55)37(54)35(52)27(14-48)60-41)24(42-25(15)12-46)11-22-18(4)30-34(44-22)31(32(36(30)53)40(57)58-5)33-20(6-7-28(50)51)16(2)21(43-33)10-23-17(3)29(26(49)13-47)39(56)45-23/h10,12,26-27,31-32,35,37-38,41-44,47-49,52,54-55H,6-9,11,13-14H2,1-5H3,(H,45,56)(H,50,51). The van der Waals surface area contributed by atoms with E-state index in [-0.39, 0.29) is 49.1 Å². The predicted octanol–water partition coefficient (Wildman–Crippen LogP) is -0.367. The first-order valence-electron chi connectivity index (χ1n) is 19.4. The number of hydrogen-bond acceptors (Lipinski definition) is 14. The van der Waals surface area contributed by atoms with Crippen LogP contribution in [-0.2, 0) is 47.9 Å². The topological polar surface area (TPSA) is 314 Å². The van der Waals surface area contributed by atoms with Gasteiger partial charge in [-0.1, -0.05) is 0 Å². The molecule has 3 aromatic heterocycles. The molecule has 3 aliphatic rings. The van der Waals surface area contributed by atoms with Crippen molar-refractivity contribution in [2.24, 2.45) is 5.92 Å². The molecule has 60 heavy (non-hydrogen) atoms. The van der Waals surface area contributed by atoms with Crippen LogP contribution in [0.4, 0.5) is 0 Å². The van der Waals surface area contributed by atoms with Crippen molar-refractivity contribution in [2.45, 2.75) is 96.1 Å². The smallest absolute Gasteiger partial charge is 0.317 e. The molecular weight excluding hydrogens is 788 g/mol. The van der Waals surface area contributed by atoms with Crippen molar-refractivity contribution < 1.29 is 73.9 Å². The van der Waals surface area contributed by atoms with Crippen molar-refractivity contribution in [2.75, 3.05) is 26.9 Å². The number of aromatic nitrogens is 3. The number of nitrogens with one attached hydrogen (secondary N) is 4. The summed E-state index contributed by atoms with van der Waals surface area (Å²) in [6.45, 7) is 5.42. The minimum atomic E-state index is -1.63. The van der Waals surface area contributed by atoms with Crippen molar-refractivity contribution in [3.05, 3.63) is 84.4 Å². The van der Waals surface area contributed by atoms with Gasteiger partial charge in [0.1, 0.15) is 36.4 Å². The molecule has 8 atom stereocenters. The van der Waals surface area contributed by atoms with E-state index >= 15 is 0 Å². The number of carboxylic acid groups (broad SMARTS) is 1. The average molecular weight is 839 g/mol. The van der Waals surface area contributed by atoms with Crippen molar-refractivity contribution >= 4 is 36.0 Å². The number of aliphatic hydroxyl groups excluding tert-OH is 6. The molecular formula is C41H50N4O15. The van der Waals surface area contributed by atoms with Gasteiger partial charge in [0.15, 0.2) is 18.4 Å². The second-order valence-corrected chi connectivity index (χ2v) is 15.3. The zero-order valence-electron chi connectivity index (χ0n) is 33.6. The molecule has 1 saturated heterocycles. The maximum Gasteiger partial charge on any atom is 0.317 e. The second kappa shape index (κ2) is 17.8. The van der Waals surface area contributed by atoms with Crippen LogP contribution in [0.2, 0.25) is 0 Å². The third kappa shape index (κ3) is 7.90. The average Bonchev–Trinajstić information content (AvgIpc) is 3.97. The minimum absolute atomic E-state index is 0.00697. The van der Waals surface area contributed by atoms with Crippen molar-refractivity contribution in [3.63, 3.8) is 0 Å². The Kier molecular flexibility index (Phi) is 13.1. The Labute approximate surface area is 343 Å². The van der Waals surface area contributed by atoms with Gasteiger partial charge in [0, 0.05) is 52.6 Å². The van der Waals surface area contributed by atoms with Crippen molar-refractivity contribution in [3.8, 4) is 0 Å². The van der Waals surface area contributed by atoms with Gasteiger partial charge in [-0.2, -0.15) is 0 Å². The number of allylic oxidation sites excluding steroid dienone is 1. The highest BCUT2D eigenvalue weighted by Gasteiger charge is 2.50. The van der Waals surface area contributed by atoms with Crippen LogP contribution >= 0.6 is 0 Å².